The predicted molar refractivity (Wildman–Crippen MR) is 74.6 cm³/mol. The van der Waals surface area contributed by atoms with Crippen LogP contribution < -0.4 is 5.32 Å². The highest BCUT2D eigenvalue weighted by Crippen LogP contribution is 2.29. The summed E-state index contributed by atoms with van der Waals surface area (Å²) < 4.78 is 0. The van der Waals surface area contributed by atoms with E-state index in [2.05, 4.69) is 57.3 Å². The van der Waals surface area contributed by atoms with Gasteiger partial charge in [0.05, 0.1) is 0 Å². The van der Waals surface area contributed by atoms with Gasteiger partial charge in [-0.1, -0.05) is 45.0 Å². The molecular weight excluding hydrogens is 206 g/mol. The van der Waals surface area contributed by atoms with Crippen LogP contribution in [-0.4, -0.2) is 12.6 Å². The molecule has 2 atom stereocenters. The van der Waals surface area contributed by atoms with Gasteiger partial charge in [-0.05, 0) is 48.8 Å². The lowest BCUT2D eigenvalue weighted by molar-refractivity contribution is 0.381. The fourth-order valence-electron chi connectivity index (χ4n) is 2.69. The Kier molecular flexibility index (Phi) is 3.58. The standard InChI is InChI=1S/C16H25N/c1-12-11-14(9-10-17-12)13-5-7-15(8-6-13)16(2,3)4/h5-8,12,14,17H,9-11H2,1-4H3/t12-,14-/m1/s1. The van der Waals surface area contributed by atoms with Crippen molar-refractivity contribution >= 4 is 0 Å². The summed E-state index contributed by atoms with van der Waals surface area (Å²) >= 11 is 0. The zero-order valence-electron chi connectivity index (χ0n) is 11.6. The Hall–Kier alpha value is -0.820. The molecule has 1 aliphatic heterocycles. The van der Waals surface area contributed by atoms with Gasteiger partial charge in [0.1, 0.15) is 0 Å². The molecule has 1 aromatic rings. The molecule has 1 fully saturated rings. The Morgan fingerprint density at radius 2 is 1.76 bits per heavy atom. The molecule has 1 saturated heterocycles. The minimum atomic E-state index is 0.264. The molecule has 0 spiro atoms. The van der Waals surface area contributed by atoms with Crippen LogP contribution in [0.5, 0.6) is 0 Å². The van der Waals surface area contributed by atoms with Crippen molar-refractivity contribution in [3.05, 3.63) is 35.4 Å². The van der Waals surface area contributed by atoms with Crippen LogP contribution in [0.15, 0.2) is 24.3 Å². The van der Waals surface area contributed by atoms with E-state index in [-0.39, 0.29) is 5.41 Å². The van der Waals surface area contributed by atoms with Gasteiger partial charge in [0, 0.05) is 6.04 Å². The van der Waals surface area contributed by atoms with Crippen LogP contribution >= 0.6 is 0 Å². The fraction of sp³-hybridized carbons (Fsp3) is 0.625. The summed E-state index contributed by atoms with van der Waals surface area (Å²) in [7, 11) is 0. The summed E-state index contributed by atoms with van der Waals surface area (Å²) in [6, 6.07) is 9.95. The van der Waals surface area contributed by atoms with E-state index in [9.17, 15) is 0 Å². The lowest BCUT2D eigenvalue weighted by Crippen LogP contribution is -2.34. The van der Waals surface area contributed by atoms with Crippen LogP contribution in [-0.2, 0) is 5.41 Å². The van der Waals surface area contributed by atoms with Crippen LogP contribution in [0, 0.1) is 0 Å². The molecule has 0 radical (unpaired) electrons. The molecule has 1 heterocycles. The third kappa shape index (κ3) is 3.10. The second kappa shape index (κ2) is 4.81. The van der Waals surface area contributed by atoms with Crippen LogP contribution in [0.2, 0.25) is 0 Å². The Morgan fingerprint density at radius 3 is 2.29 bits per heavy atom. The molecule has 1 nitrogen and oxygen atoms in total. The van der Waals surface area contributed by atoms with Gasteiger partial charge in [-0.15, -0.1) is 0 Å². The minimum absolute atomic E-state index is 0.264. The van der Waals surface area contributed by atoms with E-state index in [0.717, 1.165) is 12.5 Å². The average Bonchev–Trinajstić information content (AvgIpc) is 2.28. The van der Waals surface area contributed by atoms with E-state index in [0.29, 0.717) is 6.04 Å². The predicted octanol–water partition coefficient (Wildman–Crippen LogP) is 3.84. The molecule has 0 saturated carbocycles. The maximum atomic E-state index is 3.52. The summed E-state index contributed by atoms with van der Waals surface area (Å²) in [5, 5.41) is 3.52. The Bertz CT molecular complexity index is 358. The molecule has 17 heavy (non-hydrogen) atoms. The average molecular weight is 231 g/mol. The van der Waals surface area contributed by atoms with E-state index >= 15 is 0 Å². The van der Waals surface area contributed by atoms with Crippen molar-refractivity contribution in [1.82, 2.24) is 5.32 Å². The van der Waals surface area contributed by atoms with E-state index in [1.54, 1.807) is 0 Å². The fourth-order valence-corrected chi connectivity index (χ4v) is 2.69. The number of piperidine rings is 1. The van der Waals surface area contributed by atoms with Crippen LogP contribution in [0.3, 0.4) is 0 Å². The van der Waals surface area contributed by atoms with E-state index in [1.165, 1.54) is 24.0 Å². The number of benzene rings is 1. The van der Waals surface area contributed by atoms with Crippen LogP contribution in [0.4, 0.5) is 0 Å². The van der Waals surface area contributed by atoms with Crippen molar-refractivity contribution < 1.29 is 0 Å². The summed E-state index contributed by atoms with van der Waals surface area (Å²) in [6.45, 7) is 10.3. The number of rotatable bonds is 1. The topological polar surface area (TPSA) is 12.0 Å². The third-order valence-corrected chi connectivity index (χ3v) is 3.87. The maximum Gasteiger partial charge on any atom is 0.00445 e. The quantitative estimate of drug-likeness (QED) is 0.774. The zero-order chi connectivity index (χ0) is 12.5. The number of hydrogen-bond donors (Lipinski definition) is 1. The number of hydrogen-bond acceptors (Lipinski definition) is 1. The third-order valence-electron chi connectivity index (χ3n) is 3.87. The highest BCUT2D eigenvalue weighted by Gasteiger charge is 2.20. The van der Waals surface area contributed by atoms with Crippen molar-refractivity contribution in [2.45, 2.75) is 57.9 Å². The van der Waals surface area contributed by atoms with Crippen molar-refractivity contribution in [2.75, 3.05) is 6.54 Å². The number of nitrogens with one attached hydrogen (secondary N) is 1. The second-order valence-corrected chi connectivity index (χ2v) is 6.45. The highest BCUT2D eigenvalue weighted by molar-refractivity contribution is 5.29. The van der Waals surface area contributed by atoms with Crippen LogP contribution in [0.1, 0.15) is 57.6 Å². The van der Waals surface area contributed by atoms with Gasteiger partial charge in [0.25, 0.3) is 0 Å². The SMILES string of the molecule is C[C@@H]1C[C@H](c2ccc(C(C)(C)C)cc2)CCN1. The first-order chi connectivity index (χ1) is 7.97. The van der Waals surface area contributed by atoms with Crippen molar-refractivity contribution in [3.8, 4) is 0 Å². The molecule has 1 aliphatic rings. The van der Waals surface area contributed by atoms with E-state index in [1.807, 2.05) is 0 Å². The highest BCUT2D eigenvalue weighted by atomic mass is 14.9. The molecule has 0 aliphatic carbocycles. The van der Waals surface area contributed by atoms with Gasteiger partial charge in [-0.25, -0.2) is 0 Å². The molecule has 2 rings (SSSR count). The largest absolute Gasteiger partial charge is 0.314 e. The van der Waals surface area contributed by atoms with Gasteiger partial charge < -0.3 is 5.32 Å². The van der Waals surface area contributed by atoms with Gasteiger partial charge >= 0.3 is 0 Å². The molecule has 0 aromatic heterocycles. The molecule has 0 bridgehead atoms. The molecule has 0 unspecified atom stereocenters. The lowest BCUT2D eigenvalue weighted by atomic mass is 9.83. The Labute approximate surface area is 106 Å². The maximum absolute atomic E-state index is 3.52. The Morgan fingerprint density at radius 1 is 1.12 bits per heavy atom. The molecular formula is C16H25N. The molecule has 1 N–H and O–H groups in total. The van der Waals surface area contributed by atoms with Crippen LogP contribution in [0.25, 0.3) is 0 Å². The van der Waals surface area contributed by atoms with Gasteiger partial charge in [-0.3, -0.25) is 0 Å². The zero-order valence-corrected chi connectivity index (χ0v) is 11.6. The van der Waals surface area contributed by atoms with Crippen molar-refractivity contribution in [3.63, 3.8) is 0 Å². The summed E-state index contributed by atoms with van der Waals surface area (Å²) in [6.07, 6.45) is 2.55. The van der Waals surface area contributed by atoms with Crippen molar-refractivity contribution in [2.24, 2.45) is 0 Å². The monoisotopic (exact) mass is 231 g/mol. The second-order valence-electron chi connectivity index (χ2n) is 6.45. The summed E-state index contributed by atoms with van der Waals surface area (Å²) in [4.78, 5) is 0. The normalized spacial score (nSPS) is 25.9. The first kappa shape index (κ1) is 12.6. The first-order valence-corrected chi connectivity index (χ1v) is 6.80. The minimum Gasteiger partial charge on any atom is -0.314 e. The lowest BCUT2D eigenvalue weighted by Gasteiger charge is -2.29. The molecule has 1 aromatic carbocycles. The first-order valence-electron chi connectivity index (χ1n) is 6.80. The van der Waals surface area contributed by atoms with E-state index in [4.69, 9.17) is 0 Å². The summed E-state index contributed by atoms with van der Waals surface area (Å²) in [5.41, 5.74) is 3.22. The van der Waals surface area contributed by atoms with Gasteiger partial charge in [0.15, 0.2) is 0 Å². The molecule has 0 amide bonds. The van der Waals surface area contributed by atoms with Gasteiger partial charge in [0.2, 0.25) is 0 Å². The van der Waals surface area contributed by atoms with Crippen molar-refractivity contribution in [1.29, 1.82) is 0 Å². The molecule has 1 heteroatoms. The molecule has 94 valence electrons. The van der Waals surface area contributed by atoms with E-state index < -0.39 is 0 Å². The smallest absolute Gasteiger partial charge is 0.00445 e. The van der Waals surface area contributed by atoms with Gasteiger partial charge in [-0.2, -0.15) is 0 Å². The summed E-state index contributed by atoms with van der Waals surface area (Å²) in [5.74, 6) is 0.750. The Balaban J connectivity index is 2.12.